The molecule has 0 nitrogen and oxygen atoms in total. The molecule has 0 heteroatoms. The van der Waals surface area contributed by atoms with Gasteiger partial charge in [0.1, 0.15) is 0 Å². The van der Waals surface area contributed by atoms with E-state index >= 15 is 0 Å². The largest absolute Gasteiger partial charge is 0.0616 e. The van der Waals surface area contributed by atoms with E-state index in [2.05, 4.69) is 84.9 Å². The van der Waals surface area contributed by atoms with Crippen molar-refractivity contribution >= 4 is 32.3 Å². The molecule has 0 amide bonds. The molecule has 6 rings (SSSR count). The standard InChI is InChI=1S/C25H16/c1-2-7-18-14-24-19(13-17(18)6-1)15-25-22-10-9-16-5-3-4-8-20(16)21(22)11-12-23(24)25/h1-14H,15H2. The lowest BCUT2D eigenvalue weighted by Gasteiger charge is -2.09. The molecule has 25 heavy (non-hydrogen) atoms. The molecular weight excluding hydrogens is 300 g/mol. The van der Waals surface area contributed by atoms with E-state index < -0.39 is 0 Å². The fourth-order valence-corrected chi connectivity index (χ4v) is 4.47. The van der Waals surface area contributed by atoms with Crippen LogP contribution in [0.5, 0.6) is 0 Å². The lowest BCUT2D eigenvalue weighted by atomic mass is 9.95. The molecule has 0 saturated heterocycles. The monoisotopic (exact) mass is 316 g/mol. The molecule has 1 aliphatic carbocycles. The van der Waals surface area contributed by atoms with Gasteiger partial charge in [-0.1, -0.05) is 78.9 Å². The molecule has 0 N–H and O–H groups in total. The van der Waals surface area contributed by atoms with Crippen LogP contribution in [0.2, 0.25) is 0 Å². The topological polar surface area (TPSA) is 0 Å². The molecular formula is C25H16. The molecule has 0 fully saturated rings. The van der Waals surface area contributed by atoms with E-state index in [9.17, 15) is 0 Å². The number of hydrogen-bond acceptors (Lipinski definition) is 0. The highest BCUT2D eigenvalue weighted by molar-refractivity contribution is 6.11. The van der Waals surface area contributed by atoms with Crippen molar-refractivity contribution in [3.05, 3.63) is 96.1 Å². The molecule has 1 aliphatic rings. The Morgan fingerprint density at radius 1 is 0.480 bits per heavy atom. The highest BCUT2D eigenvalue weighted by Gasteiger charge is 2.21. The van der Waals surface area contributed by atoms with Gasteiger partial charge in [0.15, 0.2) is 0 Å². The van der Waals surface area contributed by atoms with Crippen molar-refractivity contribution in [2.45, 2.75) is 6.42 Å². The average Bonchev–Trinajstić information content (AvgIpc) is 3.03. The van der Waals surface area contributed by atoms with Gasteiger partial charge in [-0.2, -0.15) is 0 Å². The minimum absolute atomic E-state index is 1.03. The van der Waals surface area contributed by atoms with Gasteiger partial charge < -0.3 is 0 Å². The van der Waals surface area contributed by atoms with E-state index in [1.165, 1.54) is 54.6 Å². The first kappa shape index (κ1) is 13.2. The third-order valence-electron chi connectivity index (χ3n) is 5.67. The van der Waals surface area contributed by atoms with E-state index in [1.54, 1.807) is 0 Å². The second kappa shape index (κ2) is 4.70. The first-order valence-electron chi connectivity index (χ1n) is 8.84. The normalized spacial score (nSPS) is 12.6. The summed E-state index contributed by atoms with van der Waals surface area (Å²) >= 11 is 0. The zero-order valence-corrected chi connectivity index (χ0v) is 13.8. The third-order valence-corrected chi connectivity index (χ3v) is 5.67. The maximum absolute atomic E-state index is 2.37. The van der Waals surface area contributed by atoms with Gasteiger partial charge in [-0.3, -0.25) is 0 Å². The van der Waals surface area contributed by atoms with Gasteiger partial charge in [-0.05, 0) is 67.1 Å². The van der Waals surface area contributed by atoms with Crippen LogP contribution in [0.25, 0.3) is 43.4 Å². The van der Waals surface area contributed by atoms with Crippen LogP contribution in [0.3, 0.4) is 0 Å². The average molecular weight is 316 g/mol. The summed E-state index contributed by atoms with van der Waals surface area (Å²) in [5, 5.41) is 8.10. The van der Waals surface area contributed by atoms with Gasteiger partial charge in [0.2, 0.25) is 0 Å². The zero-order chi connectivity index (χ0) is 16.4. The summed E-state index contributed by atoms with van der Waals surface area (Å²) in [6, 6.07) is 31.3. The molecule has 5 aromatic rings. The van der Waals surface area contributed by atoms with Crippen LogP contribution in [0.4, 0.5) is 0 Å². The summed E-state index contributed by atoms with van der Waals surface area (Å²) in [6.45, 7) is 0. The van der Waals surface area contributed by atoms with E-state index in [0.29, 0.717) is 0 Å². The fourth-order valence-electron chi connectivity index (χ4n) is 4.47. The van der Waals surface area contributed by atoms with Crippen molar-refractivity contribution in [2.75, 3.05) is 0 Å². The van der Waals surface area contributed by atoms with Crippen LogP contribution in [0, 0.1) is 0 Å². The first-order chi connectivity index (χ1) is 12.4. The summed E-state index contributed by atoms with van der Waals surface area (Å²) in [4.78, 5) is 0. The molecule has 0 saturated carbocycles. The van der Waals surface area contributed by atoms with Crippen molar-refractivity contribution in [1.82, 2.24) is 0 Å². The van der Waals surface area contributed by atoms with Crippen LogP contribution in [-0.2, 0) is 6.42 Å². The van der Waals surface area contributed by atoms with Gasteiger partial charge >= 0.3 is 0 Å². The minimum Gasteiger partial charge on any atom is -0.0616 e. The quantitative estimate of drug-likeness (QED) is 0.273. The number of hydrogen-bond donors (Lipinski definition) is 0. The molecule has 0 aromatic heterocycles. The van der Waals surface area contributed by atoms with Crippen molar-refractivity contribution in [3.63, 3.8) is 0 Å². The molecule has 0 unspecified atom stereocenters. The van der Waals surface area contributed by atoms with Crippen molar-refractivity contribution < 1.29 is 0 Å². The number of benzene rings is 5. The van der Waals surface area contributed by atoms with Crippen LogP contribution < -0.4 is 0 Å². The van der Waals surface area contributed by atoms with Crippen LogP contribution in [0.1, 0.15) is 11.1 Å². The maximum atomic E-state index is 2.37. The van der Waals surface area contributed by atoms with Gasteiger partial charge in [0.25, 0.3) is 0 Å². The van der Waals surface area contributed by atoms with Crippen LogP contribution in [0.15, 0.2) is 84.9 Å². The van der Waals surface area contributed by atoms with Gasteiger partial charge in [0, 0.05) is 0 Å². The van der Waals surface area contributed by atoms with Crippen LogP contribution in [-0.4, -0.2) is 0 Å². The van der Waals surface area contributed by atoms with Crippen molar-refractivity contribution in [3.8, 4) is 11.1 Å². The molecule has 0 aliphatic heterocycles. The molecule has 0 atom stereocenters. The molecule has 5 aromatic carbocycles. The lowest BCUT2D eigenvalue weighted by molar-refractivity contribution is 1.29. The summed E-state index contributed by atoms with van der Waals surface area (Å²) in [7, 11) is 0. The Kier molecular flexibility index (Phi) is 2.48. The second-order valence-corrected chi connectivity index (χ2v) is 7.01. The molecule has 0 heterocycles. The summed E-state index contributed by atoms with van der Waals surface area (Å²) < 4.78 is 0. The van der Waals surface area contributed by atoms with Gasteiger partial charge in [0.05, 0.1) is 0 Å². The Bertz CT molecular complexity index is 1310. The summed E-state index contributed by atoms with van der Waals surface area (Å²) in [5.74, 6) is 0. The summed E-state index contributed by atoms with van der Waals surface area (Å²) in [6.07, 6.45) is 1.03. The Morgan fingerprint density at radius 2 is 1.20 bits per heavy atom. The Hall–Kier alpha value is -3.12. The highest BCUT2D eigenvalue weighted by Crippen LogP contribution is 2.43. The Morgan fingerprint density at radius 3 is 2.08 bits per heavy atom. The SMILES string of the molecule is c1ccc2cc3c(cc2c1)Cc1c-3ccc2c1ccc1ccccc12. The lowest BCUT2D eigenvalue weighted by Crippen LogP contribution is -1.85. The molecule has 0 spiro atoms. The Labute approximate surface area is 146 Å². The van der Waals surface area contributed by atoms with E-state index in [-0.39, 0.29) is 0 Å². The molecule has 116 valence electrons. The Balaban J connectivity index is 1.69. The predicted molar refractivity (Wildman–Crippen MR) is 107 cm³/mol. The second-order valence-electron chi connectivity index (χ2n) is 7.01. The van der Waals surface area contributed by atoms with E-state index in [0.717, 1.165) is 6.42 Å². The fraction of sp³-hybridized carbons (Fsp3) is 0.0400. The van der Waals surface area contributed by atoms with Crippen molar-refractivity contribution in [2.24, 2.45) is 0 Å². The van der Waals surface area contributed by atoms with E-state index in [4.69, 9.17) is 0 Å². The van der Waals surface area contributed by atoms with Crippen molar-refractivity contribution in [1.29, 1.82) is 0 Å². The van der Waals surface area contributed by atoms with Crippen LogP contribution >= 0.6 is 0 Å². The third kappa shape index (κ3) is 1.77. The first-order valence-corrected chi connectivity index (χ1v) is 8.84. The number of fused-ring (bicyclic) bond motifs is 8. The molecule has 0 radical (unpaired) electrons. The smallest absolute Gasteiger partial charge is 0.000706 e. The van der Waals surface area contributed by atoms with E-state index in [1.807, 2.05) is 0 Å². The molecule has 0 bridgehead atoms. The predicted octanol–water partition coefficient (Wildman–Crippen LogP) is 6.72. The minimum atomic E-state index is 1.03. The van der Waals surface area contributed by atoms with Gasteiger partial charge in [-0.15, -0.1) is 0 Å². The van der Waals surface area contributed by atoms with Gasteiger partial charge in [-0.25, -0.2) is 0 Å². The maximum Gasteiger partial charge on any atom is -0.000706 e. The zero-order valence-electron chi connectivity index (χ0n) is 13.8. The highest BCUT2D eigenvalue weighted by atomic mass is 14.2. The summed E-state index contributed by atoms with van der Waals surface area (Å²) in [5.41, 5.74) is 5.75. The number of rotatable bonds is 0.